The maximum atomic E-state index is 14.4. The molecule has 3 aromatic carbocycles. The molecule has 0 saturated carbocycles. The van der Waals surface area contributed by atoms with E-state index >= 15 is 0 Å². The van der Waals surface area contributed by atoms with Gasteiger partial charge in [0.2, 0.25) is 5.91 Å². The number of carbonyl (C=O) groups excluding carboxylic acids is 2. The highest BCUT2D eigenvalue weighted by Crippen LogP contribution is 2.41. The van der Waals surface area contributed by atoms with Gasteiger partial charge in [0.15, 0.2) is 0 Å². The summed E-state index contributed by atoms with van der Waals surface area (Å²) in [6.45, 7) is 1.28. The maximum Gasteiger partial charge on any atom is 0.416 e. The van der Waals surface area contributed by atoms with Crippen LogP contribution in [0.5, 0.6) is 0 Å². The highest BCUT2D eigenvalue weighted by atomic mass is 35.5. The molecule has 8 nitrogen and oxygen atoms in total. The Morgan fingerprint density at radius 1 is 1.10 bits per heavy atom. The van der Waals surface area contributed by atoms with Crippen molar-refractivity contribution in [1.29, 1.82) is 0 Å². The molecule has 40 heavy (non-hydrogen) atoms. The smallest absolute Gasteiger partial charge is 0.416 e. The highest BCUT2D eigenvalue weighted by Gasteiger charge is 2.45. The predicted molar refractivity (Wildman–Crippen MR) is 138 cm³/mol. The lowest BCUT2D eigenvalue weighted by Gasteiger charge is -2.26. The van der Waals surface area contributed by atoms with Gasteiger partial charge in [0.05, 0.1) is 18.3 Å². The molecule has 1 aromatic heterocycles. The molecule has 0 aliphatic carbocycles. The maximum absolute atomic E-state index is 14.4. The number of carbonyl (C=O) groups is 2. The number of cyclic esters (lactones) is 1. The average molecular weight is 574 g/mol. The van der Waals surface area contributed by atoms with Crippen LogP contribution in [0.15, 0.2) is 72.9 Å². The van der Waals surface area contributed by atoms with Crippen molar-refractivity contribution in [2.75, 3.05) is 10.2 Å². The molecule has 1 saturated heterocycles. The summed E-state index contributed by atoms with van der Waals surface area (Å²) < 4.78 is 62.0. The van der Waals surface area contributed by atoms with E-state index in [0.29, 0.717) is 33.7 Å². The van der Waals surface area contributed by atoms with Gasteiger partial charge in [-0.1, -0.05) is 28.9 Å². The molecular formula is C27H20ClF4N5O3. The fourth-order valence-electron chi connectivity index (χ4n) is 4.51. The molecule has 2 heterocycles. The Labute approximate surface area is 230 Å². The Morgan fingerprint density at radius 2 is 1.85 bits per heavy atom. The zero-order chi connectivity index (χ0) is 28.6. The minimum Gasteiger partial charge on any atom is -0.441 e. The first kappa shape index (κ1) is 27.1. The summed E-state index contributed by atoms with van der Waals surface area (Å²) in [6.07, 6.45) is -5.15. The summed E-state index contributed by atoms with van der Waals surface area (Å²) in [5.74, 6) is -1.35. The van der Waals surface area contributed by atoms with E-state index in [1.54, 1.807) is 30.5 Å². The molecule has 2 atom stereocenters. The van der Waals surface area contributed by atoms with E-state index in [2.05, 4.69) is 15.6 Å². The van der Waals surface area contributed by atoms with Crippen molar-refractivity contribution in [3.8, 4) is 11.3 Å². The van der Waals surface area contributed by atoms with Crippen LogP contribution in [0.4, 0.5) is 33.7 Å². The molecule has 0 radical (unpaired) electrons. The number of ether oxygens (including phenoxy) is 1. The van der Waals surface area contributed by atoms with Gasteiger partial charge in [0.25, 0.3) is 0 Å². The van der Waals surface area contributed by atoms with Crippen LogP contribution in [0.2, 0.25) is 5.02 Å². The van der Waals surface area contributed by atoms with E-state index in [9.17, 15) is 27.2 Å². The number of hydrogen-bond donors (Lipinski definition) is 1. The van der Waals surface area contributed by atoms with Crippen molar-refractivity contribution in [1.82, 2.24) is 15.0 Å². The van der Waals surface area contributed by atoms with Gasteiger partial charge in [-0.2, -0.15) is 13.2 Å². The number of anilines is 2. The molecular weight excluding hydrogens is 554 g/mol. The number of rotatable bonds is 6. The van der Waals surface area contributed by atoms with E-state index in [1.807, 2.05) is 0 Å². The van der Waals surface area contributed by atoms with Crippen molar-refractivity contribution in [2.45, 2.75) is 31.8 Å². The number of hydrogen-bond acceptors (Lipinski definition) is 5. The minimum absolute atomic E-state index is 0.100. The molecule has 13 heteroatoms. The summed E-state index contributed by atoms with van der Waals surface area (Å²) in [5.41, 5.74) is 0.622. The van der Waals surface area contributed by atoms with Gasteiger partial charge in [-0.05, 0) is 60.2 Å². The summed E-state index contributed by atoms with van der Waals surface area (Å²) >= 11 is 5.97. The Bertz CT molecular complexity index is 1580. The largest absolute Gasteiger partial charge is 0.441 e. The second-order valence-corrected chi connectivity index (χ2v) is 9.51. The van der Waals surface area contributed by atoms with Crippen molar-refractivity contribution in [2.24, 2.45) is 0 Å². The Kier molecular flexibility index (Phi) is 7.19. The zero-order valence-electron chi connectivity index (χ0n) is 20.7. The number of halogens is 5. The van der Waals surface area contributed by atoms with Gasteiger partial charge < -0.3 is 10.1 Å². The van der Waals surface area contributed by atoms with E-state index in [0.717, 1.165) is 17.0 Å². The van der Waals surface area contributed by atoms with Crippen molar-refractivity contribution < 1.29 is 31.9 Å². The van der Waals surface area contributed by atoms with Gasteiger partial charge >= 0.3 is 12.3 Å². The number of amides is 2. The van der Waals surface area contributed by atoms with Crippen LogP contribution >= 0.6 is 11.6 Å². The second-order valence-electron chi connectivity index (χ2n) is 9.07. The van der Waals surface area contributed by atoms with Crippen LogP contribution in [0, 0.1) is 5.82 Å². The topological polar surface area (TPSA) is 89.4 Å². The molecule has 1 N–H and O–H groups in total. The van der Waals surface area contributed by atoms with E-state index in [4.69, 9.17) is 16.3 Å². The van der Waals surface area contributed by atoms with Crippen LogP contribution in [-0.4, -0.2) is 33.1 Å². The SMILES string of the molecule is CC(=O)Nc1cccc(-c2cn(C[C@@H]3OC(=O)N(c4ccc(Cl)cc4)[C@H]3c3cc(F)cc(C(F)(F)F)c3)nn2)c1. The summed E-state index contributed by atoms with van der Waals surface area (Å²) in [4.78, 5) is 25.6. The number of benzene rings is 3. The first-order chi connectivity index (χ1) is 19.0. The molecule has 0 unspecified atom stereocenters. The van der Waals surface area contributed by atoms with Crippen molar-refractivity contribution in [3.63, 3.8) is 0 Å². The fourth-order valence-corrected chi connectivity index (χ4v) is 4.64. The predicted octanol–water partition coefficient (Wildman–Crippen LogP) is 6.48. The average Bonchev–Trinajstić information content (AvgIpc) is 3.48. The number of aromatic nitrogens is 3. The standard InChI is InChI=1S/C27H20ClF4N5O3/c1-15(38)33-21-4-2-3-16(11-21)23-13-36(35-34-23)14-24-25(17-9-18(27(30,31)32)12-20(29)10-17)37(26(39)40-24)22-7-5-19(28)6-8-22/h2-13,24-25H,14H2,1H3,(H,33,38)/t24-,25-/m0/s1. The van der Waals surface area contributed by atoms with E-state index in [-0.39, 0.29) is 18.0 Å². The number of alkyl halides is 3. The first-order valence-electron chi connectivity index (χ1n) is 11.9. The Morgan fingerprint density at radius 3 is 2.55 bits per heavy atom. The molecule has 4 aromatic rings. The Balaban J connectivity index is 1.50. The minimum atomic E-state index is -4.81. The monoisotopic (exact) mass is 573 g/mol. The van der Waals surface area contributed by atoms with E-state index < -0.39 is 35.8 Å². The summed E-state index contributed by atoms with van der Waals surface area (Å²) in [7, 11) is 0. The molecule has 5 rings (SSSR count). The molecule has 2 amide bonds. The molecule has 0 bridgehead atoms. The molecule has 1 aliphatic heterocycles. The molecule has 206 valence electrons. The third-order valence-corrected chi connectivity index (χ3v) is 6.41. The molecule has 1 fully saturated rings. The number of nitrogens with zero attached hydrogens (tertiary/aromatic N) is 4. The van der Waals surface area contributed by atoms with Crippen LogP contribution in [0.25, 0.3) is 11.3 Å². The number of nitrogens with one attached hydrogen (secondary N) is 1. The fraction of sp³-hybridized carbons (Fsp3) is 0.185. The van der Waals surface area contributed by atoms with Crippen LogP contribution in [0.3, 0.4) is 0 Å². The van der Waals surface area contributed by atoms with Gasteiger partial charge in [0.1, 0.15) is 23.7 Å². The highest BCUT2D eigenvalue weighted by molar-refractivity contribution is 6.30. The van der Waals surface area contributed by atoms with Crippen LogP contribution in [0.1, 0.15) is 24.1 Å². The van der Waals surface area contributed by atoms with Crippen molar-refractivity contribution >= 4 is 35.0 Å². The van der Waals surface area contributed by atoms with Crippen molar-refractivity contribution in [3.05, 3.63) is 94.9 Å². The third kappa shape index (κ3) is 5.76. The lowest BCUT2D eigenvalue weighted by molar-refractivity contribution is -0.137. The van der Waals surface area contributed by atoms with Gasteiger partial charge in [-0.15, -0.1) is 5.10 Å². The summed E-state index contributed by atoms with van der Waals surface area (Å²) in [6, 6.07) is 13.9. The van der Waals surface area contributed by atoms with Gasteiger partial charge in [-0.25, -0.2) is 13.9 Å². The zero-order valence-corrected chi connectivity index (χ0v) is 21.4. The lowest BCUT2D eigenvalue weighted by atomic mass is 9.97. The van der Waals surface area contributed by atoms with E-state index in [1.165, 1.54) is 35.9 Å². The van der Waals surface area contributed by atoms with Gasteiger partial charge in [0, 0.05) is 28.9 Å². The van der Waals surface area contributed by atoms with Crippen LogP contribution < -0.4 is 10.2 Å². The third-order valence-electron chi connectivity index (χ3n) is 6.16. The first-order valence-corrected chi connectivity index (χ1v) is 12.3. The molecule has 1 aliphatic rings. The molecule has 0 spiro atoms. The van der Waals surface area contributed by atoms with Crippen LogP contribution in [-0.2, 0) is 22.3 Å². The normalized spacial score (nSPS) is 17.1. The van der Waals surface area contributed by atoms with Gasteiger partial charge in [-0.3, -0.25) is 9.69 Å². The Hall–Kier alpha value is -4.45. The quantitative estimate of drug-likeness (QED) is 0.267. The second kappa shape index (κ2) is 10.6. The summed E-state index contributed by atoms with van der Waals surface area (Å²) in [5, 5.41) is 11.3. The lowest BCUT2D eigenvalue weighted by Crippen LogP contribution is -2.31.